The van der Waals surface area contributed by atoms with Gasteiger partial charge in [-0.2, -0.15) is 0 Å². The minimum atomic E-state index is -0.158. The highest BCUT2D eigenvalue weighted by Crippen LogP contribution is 2.35. The van der Waals surface area contributed by atoms with Crippen molar-refractivity contribution in [3.8, 4) is 0 Å². The van der Waals surface area contributed by atoms with Gasteiger partial charge in [0.15, 0.2) is 11.0 Å². The Kier molecular flexibility index (Phi) is 5.09. The molecule has 0 radical (unpaired) electrons. The first-order chi connectivity index (χ1) is 10.7. The summed E-state index contributed by atoms with van der Waals surface area (Å²) in [7, 11) is 0. The first-order valence-electron chi connectivity index (χ1n) is 8.48. The lowest BCUT2D eigenvalue weighted by atomic mass is 9.79. The summed E-state index contributed by atoms with van der Waals surface area (Å²) in [5.74, 6) is 0.142. The van der Waals surface area contributed by atoms with Crippen molar-refractivity contribution < 1.29 is 9.21 Å². The number of hydrogen-bond acceptors (Lipinski definition) is 3. The molecule has 5 heteroatoms. The Hall–Kier alpha value is -1.00. The molecule has 2 aliphatic rings. The SMILES string of the molecule is O=C(NCC1(N2CCCCC2)CCCCC1)c1ccc(Cl)o1. The molecule has 0 unspecified atom stereocenters. The summed E-state index contributed by atoms with van der Waals surface area (Å²) in [5.41, 5.74) is 0.144. The van der Waals surface area contributed by atoms with Gasteiger partial charge in [-0.25, -0.2) is 0 Å². The second kappa shape index (κ2) is 7.05. The highest BCUT2D eigenvalue weighted by Gasteiger charge is 2.38. The monoisotopic (exact) mass is 324 g/mol. The molecule has 0 atom stereocenters. The molecule has 1 aromatic heterocycles. The molecule has 2 heterocycles. The number of nitrogens with one attached hydrogen (secondary N) is 1. The van der Waals surface area contributed by atoms with Crippen LogP contribution < -0.4 is 5.32 Å². The van der Waals surface area contributed by atoms with E-state index in [1.165, 1.54) is 64.5 Å². The number of piperidine rings is 1. The third kappa shape index (κ3) is 3.49. The topological polar surface area (TPSA) is 45.5 Å². The van der Waals surface area contributed by atoms with Crippen molar-refractivity contribution >= 4 is 17.5 Å². The van der Waals surface area contributed by atoms with Crippen LogP contribution in [0.4, 0.5) is 0 Å². The Labute approximate surface area is 137 Å². The van der Waals surface area contributed by atoms with Crippen molar-refractivity contribution in [1.29, 1.82) is 0 Å². The second-order valence-corrected chi connectivity index (χ2v) is 6.99. The first kappa shape index (κ1) is 15.9. The number of carbonyl (C=O) groups is 1. The molecular formula is C17H25ClN2O2. The van der Waals surface area contributed by atoms with Crippen LogP contribution in [-0.2, 0) is 0 Å². The molecular weight excluding hydrogens is 300 g/mol. The molecule has 1 aliphatic heterocycles. The summed E-state index contributed by atoms with van der Waals surface area (Å²) in [6.45, 7) is 3.05. The molecule has 1 saturated heterocycles. The van der Waals surface area contributed by atoms with Gasteiger partial charge in [0.25, 0.3) is 5.91 Å². The van der Waals surface area contributed by atoms with Crippen LogP contribution >= 0.6 is 11.6 Å². The largest absolute Gasteiger partial charge is 0.440 e. The molecule has 0 aromatic carbocycles. The van der Waals surface area contributed by atoms with Crippen LogP contribution in [0, 0.1) is 0 Å². The van der Waals surface area contributed by atoms with Crippen LogP contribution in [0.3, 0.4) is 0 Å². The van der Waals surface area contributed by atoms with E-state index in [1.807, 2.05) is 0 Å². The van der Waals surface area contributed by atoms with E-state index in [9.17, 15) is 4.79 Å². The summed E-state index contributed by atoms with van der Waals surface area (Å²) in [6.07, 6.45) is 10.1. The highest BCUT2D eigenvalue weighted by atomic mass is 35.5. The Morgan fingerprint density at radius 3 is 2.45 bits per heavy atom. The first-order valence-corrected chi connectivity index (χ1v) is 8.86. The number of rotatable bonds is 4. The third-order valence-corrected chi connectivity index (χ3v) is 5.39. The summed E-state index contributed by atoms with van der Waals surface area (Å²) < 4.78 is 5.20. The normalized spacial score (nSPS) is 22.4. The quantitative estimate of drug-likeness (QED) is 0.915. The van der Waals surface area contributed by atoms with Gasteiger partial charge in [0.05, 0.1) is 0 Å². The molecule has 1 amide bonds. The molecule has 1 aromatic rings. The molecule has 3 rings (SSSR count). The molecule has 122 valence electrons. The van der Waals surface area contributed by atoms with Crippen LogP contribution in [-0.4, -0.2) is 36.0 Å². The Morgan fingerprint density at radius 1 is 1.14 bits per heavy atom. The Morgan fingerprint density at radius 2 is 1.82 bits per heavy atom. The molecule has 0 bridgehead atoms. The number of carbonyl (C=O) groups excluding carboxylic acids is 1. The van der Waals surface area contributed by atoms with E-state index in [0.29, 0.717) is 12.3 Å². The molecule has 1 aliphatic carbocycles. The van der Waals surface area contributed by atoms with Gasteiger partial charge in [-0.3, -0.25) is 9.69 Å². The number of halogens is 1. The van der Waals surface area contributed by atoms with E-state index in [0.717, 1.165) is 0 Å². The number of furan rings is 1. The zero-order chi connectivity index (χ0) is 15.4. The Bertz CT molecular complexity index is 503. The van der Waals surface area contributed by atoms with Gasteiger partial charge in [0, 0.05) is 12.1 Å². The smallest absolute Gasteiger partial charge is 0.287 e. The minimum absolute atomic E-state index is 0.144. The van der Waals surface area contributed by atoms with Crippen LogP contribution in [0.15, 0.2) is 16.5 Å². The van der Waals surface area contributed by atoms with Crippen LogP contribution in [0.1, 0.15) is 61.9 Å². The van der Waals surface area contributed by atoms with Gasteiger partial charge >= 0.3 is 0 Å². The van der Waals surface area contributed by atoms with Gasteiger partial charge in [0.2, 0.25) is 0 Å². The summed E-state index contributed by atoms with van der Waals surface area (Å²) in [6, 6.07) is 3.24. The standard InChI is InChI=1S/C17H25ClN2O2/c18-15-8-7-14(22-15)16(21)19-13-17(9-3-1-4-10-17)20-11-5-2-6-12-20/h7-8H,1-6,9-13H2,(H,19,21). The van der Waals surface area contributed by atoms with E-state index >= 15 is 0 Å². The van der Waals surface area contributed by atoms with Gasteiger partial charge in [-0.15, -0.1) is 0 Å². The van der Waals surface area contributed by atoms with Crippen molar-refractivity contribution in [2.45, 2.75) is 56.9 Å². The lowest BCUT2D eigenvalue weighted by Gasteiger charge is -2.48. The van der Waals surface area contributed by atoms with E-state index < -0.39 is 0 Å². The lowest BCUT2D eigenvalue weighted by molar-refractivity contribution is 0.0323. The van der Waals surface area contributed by atoms with Crippen molar-refractivity contribution in [1.82, 2.24) is 10.2 Å². The van der Waals surface area contributed by atoms with Crippen molar-refractivity contribution in [3.05, 3.63) is 23.1 Å². The fourth-order valence-corrected chi connectivity index (χ4v) is 4.10. The molecule has 0 spiro atoms. The van der Waals surface area contributed by atoms with Gasteiger partial charge in [-0.05, 0) is 62.5 Å². The van der Waals surface area contributed by atoms with E-state index in [-0.39, 0.29) is 16.7 Å². The fraction of sp³-hybridized carbons (Fsp3) is 0.706. The maximum absolute atomic E-state index is 12.2. The number of nitrogens with zero attached hydrogens (tertiary/aromatic N) is 1. The van der Waals surface area contributed by atoms with Gasteiger partial charge in [-0.1, -0.05) is 25.7 Å². The summed E-state index contributed by atoms with van der Waals surface area (Å²) in [4.78, 5) is 14.9. The third-order valence-electron chi connectivity index (χ3n) is 5.19. The van der Waals surface area contributed by atoms with E-state index in [1.54, 1.807) is 12.1 Å². The lowest BCUT2D eigenvalue weighted by Crippen LogP contribution is -2.58. The molecule has 2 fully saturated rings. The summed E-state index contributed by atoms with van der Waals surface area (Å²) in [5, 5.41) is 3.35. The number of amides is 1. The maximum Gasteiger partial charge on any atom is 0.287 e. The van der Waals surface area contributed by atoms with Crippen LogP contribution in [0.25, 0.3) is 0 Å². The zero-order valence-electron chi connectivity index (χ0n) is 13.1. The molecule has 4 nitrogen and oxygen atoms in total. The number of likely N-dealkylation sites (tertiary alicyclic amines) is 1. The predicted molar refractivity (Wildman–Crippen MR) is 87.3 cm³/mol. The average molecular weight is 325 g/mol. The van der Waals surface area contributed by atoms with Crippen LogP contribution in [0.2, 0.25) is 5.22 Å². The van der Waals surface area contributed by atoms with Gasteiger partial charge in [0.1, 0.15) is 0 Å². The van der Waals surface area contributed by atoms with Gasteiger partial charge < -0.3 is 9.73 Å². The van der Waals surface area contributed by atoms with Crippen molar-refractivity contribution in [3.63, 3.8) is 0 Å². The fourth-order valence-electron chi connectivity index (χ4n) is 3.95. The van der Waals surface area contributed by atoms with E-state index in [2.05, 4.69) is 10.2 Å². The zero-order valence-corrected chi connectivity index (χ0v) is 13.8. The Balaban J connectivity index is 1.66. The molecule has 1 N–H and O–H groups in total. The number of hydrogen-bond donors (Lipinski definition) is 1. The maximum atomic E-state index is 12.2. The minimum Gasteiger partial charge on any atom is -0.440 e. The predicted octanol–water partition coefficient (Wildman–Crippen LogP) is 3.85. The second-order valence-electron chi connectivity index (χ2n) is 6.62. The summed E-state index contributed by atoms with van der Waals surface area (Å²) >= 11 is 5.75. The highest BCUT2D eigenvalue weighted by molar-refractivity contribution is 6.29. The average Bonchev–Trinajstić information content (AvgIpc) is 3.01. The molecule has 22 heavy (non-hydrogen) atoms. The van der Waals surface area contributed by atoms with Crippen LogP contribution in [0.5, 0.6) is 0 Å². The molecule has 1 saturated carbocycles. The van der Waals surface area contributed by atoms with E-state index in [4.69, 9.17) is 16.0 Å². The van der Waals surface area contributed by atoms with Crippen molar-refractivity contribution in [2.24, 2.45) is 0 Å². The van der Waals surface area contributed by atoms with Crippen molar-refractivity contribution in [2.75, 3.05) is 19.6 Å².